The Bertz CT molecular complexity index is 80.9. The lowest BCUT2D eigenvalue weighted by Gasteiger charge is -1.95. The molecule has 8 heavy (non-hydrogen) atoms. The summed E-state index contributed by atoms with van der Waals surface area (Å²) in [6.07, 6.45) is 3.22. The highest BCUT2D eigenvalue weighted by atomic mass is 14.7. The van der Waals surface area contributed by atoms with Crippen molar-refractivity contribution in [1.29, 1.82) is 0 Å². The lowest BCUT2D eigenvalue weighted by molar-refractivity contribution is 0.656. The van der Waals surface area contributed by atoms with Crippen molar-refractivity contribution in [2.75, 3.05) is 0 Å². The number of nitrogens with zero attached hydrogens (tertiary/aromatic N) is 1. The molecule has 0 aromatic heterocycles. The summed E-state index contributed by atoms with van der Waals surface area (Å²) in [7, 11) is 0. The summed E-state index contributed by atoms with van der Waals surface area (Å²) in [6.45, 7) is 10.9. The zero-order chi connectivity index (χ0) is 6.41. The van der Waals surface area contributed by atoms with E-state index in [-0.39, 0.29) is 0 Å². The van der Waals surface area contributed by atoms with E-state index in [0.29, 0.717) is 6.04 Å². The van der Waals surface area contributed by atoms with Gasteiger partial charge in [-0.3, -0.25) is 0 Å². The van der Waals surface area contributed by atoms with Gasteiger partial charge in [-0.15, -0.1) is 0 Å². The van der Waals surface area contributed by atoms with Gasteiger partial charge in [-0.2, -0.15) is 0 Å². The van der Waals surface area contributed by atoms with Crippen LogP contribution in [0.1, 0.15) is 33.1 Å². The van der Waals surface area contributed by atoms with Gasteiger partial charge in [-0.25, -0.2) is 6.57 Å². The minimum absolute atomic E-state index is 0.292. The monoisotopic (exact) mass is 111 g/mol. The second-order valence-electron chi connectivity index (χ2n) is 1.98. The van der Waals surface area contributed by atoms with Crippen molar-refractivity contribution in [3.63, 3.8) is 0 Å². The first-order chi connectivity index (χ1) is 3.85. The second-order valence-corrected chi connectivity index (χ2v) is 1.98. The number of hydrogen-bond acceptors (Lipinski definition) is 0. The molecule has 0 heterocycles. The van der Waals surface area contributed by atoms with Crippen LogP contribution in [0.25, 0.3) is 4.85 Å². The summed E-state index contributed by atoms with van der Waals surface area (Å²) in [5.74, 6) is 0. The zero-order valence-electron chi connectivity index (χ0n) is 5.65. The van der Waals surface area contributed by atoms with E-state index >= 15 is 0 Å². The van der Waals surface area contributed by atoms with E-state index < -0.39 is 0 Å². The van der Waals surface area contributed by atoms with Gasteiger partial charge in [0.1, 0.15) is 0 Å². The van der Waals surface area contributed by atoms with Gasteiger partial charge in [0.05, 0.1) is 0 Å². The van der Waals surface area contributed by atoms with E-state index in [2.05, 4.69) is 18.7 Å². The molecule has 0 saturated heterocycles. The van der Waals surface area contributed by atoms with Gasteiger partial charge in [0.2, 0.25) is 6.04 Å². The molecule has 0 aromatic carbocycles. The average molecular weight is 111 g/mol. The highest BCUT2D eigenvalue weighted by molar-refractivity contribution is 4.75. The van der Waals surface area contributed by atoms with Gasteiger partial charge < -0.3 is 4.85 Å². The fraction of sp³-hybridized carbons (Fsp3) is 0.857. The van der Waals surface area contributed by atoms with Crippen LogP contribution in [-0.2, 0) is 0 Å². The highest BCUT2D eigenvalue weighted by Crippen LogP contribution is 2.04. The summed E-state index contributed by atoms with van der Waals surface area (Å²) in [4.78, 5) is 3.45. The molecule has 0 aliphatic carbocycles. The Morgan fingerprint density at radius 2 is 2.12 bits per heavy atom. The Morgan fingerprint density at radius 3 is 2.25 bits per heavy atom. The molecular formula is C7H13N. The molecule has 0 rings (SSSR count). The molecule has 46 valence electrons. The number of rotatable bonds is 3. The second kappa shape index (κ2) is 4.64. The summed E-state index contributed by atoms with van der Waals surface area (Å²) < 4.78 is 0. The minimum Gasteiger partial charge on any atom is -0.314 e. The fourth-order valence-electron chi connectivity index (χ4n) is 0.693. The van der Waals surface area contributed by atoms with Crippen molar-refractivity contribution in [3.05, 3.63) is 11.4 Å². The molecule has 1 atom stereocenters. The van der Waals surface area contributed by atoms with E-state index in [4.69, 9.17) is 6.57 Å². The summed E-state index contributed by atoms with van der Waals surface area (Å²) in [5.41, 5.74) is 0. The van der Waals surface area contributed by atoms with Gasteiger partial charge in [0.25, 0.3) is 0 Å². The molecule has 0 fully saturated rings. The van der Waals surface area contributed by atoms with E-state index in [1.807, 2.05) is 0 Å². The smallest absolute Gasteiger partial charge is 0.223 e. The summed E-state index contributed by atoms with van der Waals surface area (Å²) >= 11 is 0. The first kappa shape index (κ1) is 7.49. The first-order valence-corrected chi connectivity index (χ1v) is 3.21. The van der Waals surface area contributed by atoms with Crippen molar-refractivity contribution >= 4 is 0 Å². The minimum atomic E-state index is 0.292. The van der Waals surface area contributed by atoms with Crippen molar-refractivity contribution in [3.8, 4) is 0 Å². The molecule has 0 aliphatic rings. The topological polar surface area (TPSA) is 4.36 Å². The lowest BCUT2D eigenvalue weighted by atomic mass is 10.1. The molecule has 1 heteroatoms. The Kier molecular flexibility index (Phi) is 4.35. The van der Waals surface area contributed by atoms with Crippen LogP contribution >= 0.6 is 0 Å². The molecule has 1 unspecified atom stereocenters. The van der Waals surface area contributed by atoms with Crippen LogP contribution in [0.3, 0.4) is 0 Å². The van der Waals surface area contributed by atoms with E-state index in [1.165, 1.54) is 0 Å². The summed E-state index contributed by atoms with van der Waals surface area (Å²) in [6, 6.07) is 0.292. The van der Waals surface area contributed by atoms with Crippen molar-refractivity contribution in [2.45, 2.75) is 39.2 Å². The maximum absolute atomic E-state index is 6.69. The quantitative estimate of drug-likeness (QED) is 0.493. The van der Waals surface area contributed by atoms with Crippen molar-refractivity contribution in [2.24, 2.45) is 0 Å². The van der Waals surface area contributed by atoms with Crippen molar-refractivity contribution in [1.82, 2.24) is 0 Å². The van der Waals surface area contributed by atoms with Crippen LogP contribution in [0.5, 0.6) is 0 Å². The largest absolute Gasteiger partial charge is 0.314 e. The first-order valence-electron chi connectivity index (χ1n) is 3.21. The third kappa shape index (κ3) is 2.63. The average Bonchev–Trinajstić information content (AvgIpc) is 1.83. The molecule has 0 amide bonds. The van der Waals surface area contributed by atoms with Crippen LogP contribution in [0.2, 0.25) is 0 Å². The van der Waals surface area contributed by atoms with E-state index in [0.717, 1.165) is 19.3 Å². The lowest BCUT2D eigenvalue weighted by Crippen LogP contribution is -1.96. The third-order valence-corrected chi connectivity index (χ3v) is 1.28. The van der Waals surface area contributed by atoms with Crippen LogP contribution < -0.4 is 0 Å². The molecule has 1 nitrogen and oxygen atoms in total. The normalized spacial score (nSPS) is 12.6. The van der Waals surface area contributed by atoms with Gasteiger partial charge in [0.15, 0.2) is 0 Å². The fourth-order valence-corrected chi connectivity index (χ4v) is 0.693. The number of hydrogen-bond donors (Lipinski definition) is 0. The van der Waals surface area contributed by atoms with Crippen LogP contribution in [0.4, 0.5) is 0 Å². The van der Waals surface area contributed by atoms with Crippen LogP contribution in [0, 0.1) is 6.57 Å². The molecule has 0 N–H and O–H groups in total. The standard InChI is InChI=1S/C7H13N/c1-4-6-7(5-2)8-3/h7H,4-6H2,1-2H3. The predicted molar refractivity (Wildman–Crippen MR) is 35.6 cm³/mol. The van der Waals surface area contributed by atoms with E-state index in [9.17, 15) is 0 Å². The summed E-state index contributed by atoms with van der Waals surface area (Å²) in [5, 5.41) is 0. The maximum atomic E-state index is 6.69. The van der Waals surface area contributed by atoms with Gasteiger partial charge in [-0.05, 0) is 6.42 Å². The Balaban J connectivity index is 3.26. The SMILES string of the molecule is [C-]#[N+]C(CC)CCC. The maximum Gasteiger partial charge on any atom is 0.223 e. The Labute approximate surface area is 51.5 Å². The zero-order valence-corrected chi connectivity index (χ0v) is 5.65. The third-order valence-electron chi connectivity index (χ3n) is 1.28. The Hall–Kier alpha value is -0.510. The molecule has 0 spiro atoms. The molecule has 0 aromatic rings. The molecule has 0 radical (unpaired) electrons. The van der Waals surface area contributed by atoms with Gasteiger partial charge in [0, 0.05) is 12.8 Å². The van der Waals surface area contributed by atoms with Gasteiger partial charge in [-0.1, -0.05) is 13.8 Å². The van der Waals surface area contributed by atoms with Crippen molar-refractivity contribution < 1.29 is 0 Å². The van der Waals surface area contributed by atoms with Crippen LogP contribution in [0.15, 0.2) is 0 Å². The molecule has 0 aliphatic heterocycles. The Morgan fingerprint density at radius 1 is 1.50 bits per heavy atom. The van der Waals surface area contributed by atoms with Gasteiger partial charge >= 0.3 is 0 Å². The highest BCUT2D eigenvalue weighted by Gasteiger charge is 2.04. The van der Waals surface area contributed by atoms with E-state index in [1.54, 1.807) is 0 Å². The predicted octanol–water partition coefficient (Wildman–Crippen LogP) is 2.48. The molecule has 0 saturated carbocycles. The molecular weight excluding hydrogens is 98.1 g/mol. The molecule has 0 bridgehead atoms. The van der Waals surface area contributed by atoms with Crippen LogP contribution in [-0.4, -0.2) is 6.04 Å².